The Kier molecular flexibility index (Phi) is 6.19. The van der Waals surface area contributed by atoms with E-state index in [0.29, 0.717) is 0 Å². The van der Waals surface area contributed by atoms with Gasteiger partial charge in [0.25, 0.3) is 0 Å². The van der Waals surface area contributed by atoms with Crippen molar-refractivity contribution in [2.75, 3.05) is 6.54 Å². The van der Waals surface area contributed by atoms with Crippen LogP contribution in [0.2, 0.25) is 0 Å². The van der Waals surface area contributed by atoms with Crippen molar-refractivity contribution in [2.24, 2.45) is 0 Å². The van der Waals surface area contributed by atoms with Crippen LogP contribution in [-0.4, -0.2) is 11.4 Å². The zero-order valence-corrected chi connectivity index (χ0v) is 14.6. The monoisotopic (exact) mass is 327 g/mol. The Morgan fingerprint density at radius 1 is 0.640 bits per heavy atom. The van der Waals surface area contributed by atoms with Gasteiger partial charge in [-0.1, -0.05) is 97.6 Å². The minimum Gasteiger partial charge on any atom is -0.295 e. The van der Waals surface area contributed by atoms with Crippen molar-refractivity contribution in [2.45, 2.75) is 19.5 Å². The lowest BCUT2D eigenvalue weighted by molar-refractivity contribution is 0.263. The molecule has 0 N–H and O–H groups in total. The highest BCUT2D eigenvalue weighted by atomic mass is 15.1. The molecule has 0 aliphatic carbocycles. The van der Waals surface area contributed by atoms with E-state index < -0.39 is 0 Å². The molecule has 3 aromatic carbocycles. The van der Waals surface area contributed by atoms with Crippen LogP contribution in [-0.2, 0) is 13.1 Å². The molecular formula is C24H25N. The second-order valence-electron chi connectivity index (χ2n) is 6.40. The van der Waals surface area contributed by atoms with Crippen molar-refractivity contribution < 1.29 is 0 Å². The highest BCUT2D eigenvalue weighted by Gasteiger charge is 2.08. The molecule has 0 aromatic heterocycles. The average molecular weight is 327 g/mol. The predicted octanol–water partition coefficient (Wildman–Crippen LogP) is 5.79. The van der Waals surface area contributed by atoms with Crippen molar-refractivity contribution >= 4 is 5.57 Å². The van der Waals surface area contributed by atoms with Gasteiger partial charge in [0, 0.05) is 19.6 Å². The summed E-state index contributed by atoms with van der Waals surface area (Å²) in [5, 5.41) is 0. The zero-order chi connectivity index (χ0) is 17.3. The summed E-state index contributed by atoms with van der Waals surface area (Å²) in [6.45, 7) is 7.19. The number of rotatable bonds is 8. The smallest absolute Gasteiger partial charge is 0.0237 e. The van der Waals surface area contributed by atoms with Crippen LogP contribution >= 0.6 is 0 Å². The molecule has 0 saturated heterocycles. The Bertz CT molecular complexity index is 721. The first kappa shape index (κ1) is 17.2. The van der Waals surface area contributed by atoms with E-state index >= 15 is 0 Å². The van der Waals surface area contributed by atoms with Crippen LogP contribution in [0, 0.1) is 0 Å². The van der Waals surface area contributed by atoms with Crippen LogP contribution in [0.3, 0.4) is 0 Å². The van der Waals surface area contributed by atoms with Crippen LogP contribution in [0.1, 0.15) is 23.1 Å². The standard InChI is InChI=1S/C24H25N/c1-21(24-15-9-4-10-16-24)17-18-25(19-22-11-5-2-6-12-22)20-23-13-7-3-8-14-23/h2-16H,1,17-20H2. The van der Waals surface area contributed by atoms with Crippen LogP contribution in [0.5, 0.6) is 0 Å². The van der Waals surface area contributed by atoms with E-state index in [4.69, 9.17) is 0 Å². The summed E-state index contributed by atoms with van der Waals surface area (Å²) in [5.41, 5.74) is 5.14. The molecule has 25 heavy (non-hydrogen) atoms. The molecule has 126 valence electrons. The first-order valence-corrected chi connectivity index (χ1v) is 8.84. The summed E-state index contributed by atoms with van der Waals surface area (Å²) in [6, 6.07) is 31.9. The molecule has 3 aromatic rings. The fourth-order valence-corrected chi connectivity index (χ4v) is 3.01. The van der Waals surface area contributed by atoms with E-state index in [1.807, 2.05) is 6.07 Å². The second kappa shape index (κ2) is 9.00. The van der Waals surface area contributed by atoms with Gasteiger partial charge in [-0.25, -0.2) is 0 Å². The van der Waals surface area contributed by atoms with Gasteiger partial charge in [0.1, 0.15) is 0 Å². The number of nitrogens with zero attached hydrogens (tertiary/aromatic N) is 1. The highest BCUT2D eigenvalue weighted by Crippen LogP contribution is 2.18. The SMILES string of the molecule is C=C(CCN(Cc1ccccc1)Cc1ccccc1)c1ccccc1. The summed E-state index contributed by atoms with van der Waals surface area (Å²) in [4.78, 5) is 2.50. The Balaban J connectivity index is 1.66. The van der Waals surface area contributed by atoms with Gasteiger partial charge in [0.15, 0.2) is 0 Å². The molecule has 0 unspecified atom stereocenters. The quantitative estimate of drug-likeness (QED) is 0.506. The van der Waals surface area contributed by atoms with E-state index in [-0.39, 0.29) is 0 Å². The third kappa shape index (κ3) is 5.44. The van der Waals surface area contributed by atoms with E-state index in [9.17, 15) is 0 Å². The maximum atomic E-state index is 4.28. The summed E-state index contributed by atoms with van der Waals surface area (Å²) in [5.74, 6) is 0. The molecule has 0 fully saturated rings. The highest BCUT2D eigenvalue weighted by molar-refractivity contribution is 5.63. The largest absolute Gasteiger partial charge is 0.295 e. The van der Waals surface area contributed by atoms with E-state index in [1.165, 1.54) is 22.3 Å². The molecule has 0 aliphatic rings. The van der Waals surface area contributed by atoms with Gasteiger partial charge in [0.2, 0.25) is 0 Å². The lowest BCUT2D eigenvalue weighted by Crippen LogP contribution is -2.24. The van der Waals surface area contributed by atoms with Gasteiger partial charge in [-0.2, -0.15) is 0 Å². The van der Waals surface area contributed by atoms with Gasteiger partial charge < -0.3 is 0 Å². The van der Waals surface area contributed by atoms with Gasteiger partial charge in [-0.05, 0) is 28.7 Å². The number of hydrogen-bond acceptors (Lipinski definition) is 1. The number of hydrogen-bond donors (Lipinski definition) is 0. The summed E-state index contributed by atoms with van der Waals surface area (Å²) in [7, 11) is 0. The average Bonchev–Trinajstić information content (AvgIpc) is 2.68. The van der Waals surface area contributed by atoms with Crippen LogP contribution < -0.4 is 0 Å². The van der Waals surface area contributed by atoms with E-state index in [0.717, 1.165) is 26.1 Å². The Labute approximate surface area is 151 Å². The third-order valence-corrected chi connectivity index (χ3v) is 4.41. The van der Waals surface area contributed by atoms with Crippen LogP contribution in [0.15, 0.2) is 97.6 Å². The molecule has 0 spiro atoms. The summed E-state index contributed by atoms with van der Waals surface area (Å²) in [6.07, 6.45) is 0.976. The van der Waals surface area contributed by atoms with E-state index in [2.05, 4.69) is 96.4 Å². The number of benzene rings is 3. The Morgan fingerprint density at radius 3 is 1.56 bits per heavy atom. The summed E-state index contributed by atoms with van der Waals surface area (Å²) < 4.78 is 0. The molecular weight excluding hydrogens is 302 g/mol. The molecule has 0 heterocycles. The molecule has 3 rings (SSSR count). The fourth-order valence-electron chi connectivity index (χ4n) is 3.01. The lowest BCUT2D eigenvalue weighted by Gasteiger charge is -2.23. The zero-order valence-electron chi connectivity index (χ0n) is 14.6. The van der Waals surface area contributed by atoms with Crippen molar-refractivity contribution in [1.29, 1.82) is 0 Å². The minimum atomic E-state index is 0.956. The molecule has 1 heteroatoms. The topological polar surface area (TPSA) is 3.24 Å². The molecule has 0 radical (unpaired) electrons. The third-order valence-electron chi connectivity index (χ3n) is 4.41. The first-order chi connectivity index (χ1) is 12.3. The fraction of sp³-hybridized carbons (Fsp3) is 0.167. The van der Waals surface area contributed by atoms with Gasteiger partial charge in [0.05, 0.1) is 0 Å². The molecule has 0 bridgehead atoms. The molecule has 0 amide bonds. The van der Waals surface area contributed by atoms with E-state index in [1.54, 1.807) is 0 Å². The molecule has 0 atom stereocenters. The van der Waals surface area contributed by atoms with Crippen molar-refractivity contribution in [1.82, 2.24) is 4.90 Å². The molecule has 0 aliphatic heterocycles. The van der Waals surface area contributed by atoms with Gasteiger partial charge >= 0.3 is 0 Å². The van der Waals surface area contributed by atoms with Crippen LogP contribution in [0.4, 0.5) is 0 Å². The van der Waals surface area contributed by atoms with Crippen molar-refractivity contribution in [3.05, 3.63) is 114 Å². The predicted molar refractivity (Wildman–Crippen MR) is 107 cm³/mol. The minimum absolute atomic E-state index is 0.956. The Hall–Kier alpha value is -2.64. The van der Waals surface area contributed by atoms with Gasteiger partial charge in [-0.15, -0.1) is 0 Å². The second-order valence-corrected chi connectivity index (χ2v) is 6.40. The molecule has 0 saturated carbocycles. The van der Waals surface area contributed by atoms with Crippen molar-refractivity contribution in [3.8, 4) is 0 Å². The van der Waals surface area contributed by atoms with Crippen molar-refractivity contribution in [3.63, 3.8) is 0 Å². The normalized spacial score (nSPS) is 10.8. The molecule has 1 nitrogen and oxygen atoms in total. The lowest BCUT2D eigenvalue weighted by atomic mass is 10.0. The maximum Gasteiger partial charge on any atom is 0.0237 e. The Morgan fingerprint density at radius 2 is 1.08 bits per heavy atom. The van der Waals surface area contributed by atoms with Gasteiger partial charge in [-0.3, -0.25) is 4.90 Å². The maximum absolute atomic E-state index is 4.28. The summed E-state index contributed by atoms with van der Waals surface area (Å²) >= 11 is 0. The van der Waals surface area contributed by atoms with Crippen LogP contribution in [0.25, 0.3) is 5.57 Å². The first-order valence-electron chi connectivity index (χ1n) is 8.84.